The average molecular weight is 228 g/mol. The minimum Gasteiger partial charge on any atom is -0.398 e. The highest BCUT2D eigenvalue weighted by atomic mass is 32.2. The van der Waals surface area contributed by atoms with Crippen molar-refractivity contribution in [2.75, 3.05) is 24.3 Å². The van der Waals surface area contributed by atoms with Crippen LogP contribution in [-0.2, 0) is 16.4 Å². The zero-order valence-corrected chi connectivity index (χ0v) is 9.55. The molecule has 84 valence electrons. The number of benzene rings is 1. The number of anilines is 1. The lowest BCUT2D eigenvalue weighted by molar-refractivity contribution is 0.596. The third-order valence-corrected chi connectivity index (χ3v) is 2.97. The van der Waals surface area contributed by atoms with Crippen LogP contribution in [0.5, 0.6) is 0 Å². The van der Waals surface area contributed by atoms with Crippen molar-refractivity contribution >= 4 is 15.5 Å². The van der Waals surface area contributed by atoms with Crippen LogP contribution in [0.25, 0.3) is 0 Å². The van der Waals surface area contributed by atoms with Crippen LogP contribution in [0.15, 0.2) is 24.3 Å². The third-order valence-electron chi connectivity index (χ3n) is 2.02. The van der Waals surface area contributed by atoms with Crippen molar-refractivity contribution in [3.63, 3.8) is 0 Å². The Bertz CT molecular complexity index is 415. The zero-order valence-electron chi connectivity index (χ0n) is 8.73. The van der Waals surface area contributed by atoms with Crippen LogP contribution in [-0.4, -0.2) is 27.0 Å². The van der Waals surface area contributed by atoms with Gasteiger partial charge in [-0.2, -0.15) is 0 Å². The smallest absolute Gasteiger partial charge is 0.148 e. The summed E-state index contributed by atoms with van der Waals surface area (Å²) in [7, 11) is -2.88. The Hall–Kier alpha value is -1.07. The first-order valence-corrected chi connectivity index (χ1v) is 6.77. The van der Waals surface area contributed by atoms with Crippen LogP contribution in [0.4, 0.5) is 5.69 Å². The first-order chi connectivity index (χ1) is 6.99. The average Bonchev–Trinajstić information content (AvgIpc) is 2.13. The molecule has 0 saturated carbocycles. The molecule has 0 saturated heterocycles. The number of para-hydroxylation sites is 1. The quantitative estimate of drug-likeness (QED) is 0.565. The number of sulfone groups is 1. The van der Waals surface area contributed by atoms with E-state index in [4.69, 9.17) is 5.73 Å². The van der Waals surface area contributed by atoms with Gasteiger partial charge in [0.05, 0.1) is 5.75 Å². The summed E-state index contributed by atoms with van der Waals surface area (Å²) in [5, 5.41) is 3.04. The first kappa shape index (κ1) is 12.0. The maximum atomic E-state index is 10.8. The number of nitrogens with two attached hydrogens (primary N) is 1. The second-order valence-electron chi connectivity index (χ2n) is 3.51. The van der Waals surface area contributed by atoms with Crippen molar-refractivity contribution in [2.45, 2.75) is 6.54 Å². The molecule has 0 fully saturated rings. The number of hydrogen-bond donors (Lipinski definition) is 2. The summed E-state index contributed by atoms with van der Waals surface area (Å²) in [4.78, 5) is 0. The predicted octanol–water partition coefficient (Wildman–Crippen LogP) is 0.403. The molecule has 1 aromatic carbocycles. The van der Waals surface area contributed by atoms with Crippen LogP contribution >= 0.6 is 0 Å². The Morgan fingerprint density at radius 3 is 2.60 bits per heavy atom. The zero-order chi connectivity index (χ0) is 11.3. The van der Waals surface area contributed by atoms with E-state index in [0.717, 1.165) is 11.3 Å². The molecule has 0 aliphatic heterocycles. The molecule has 5 heteroatoms. The highest BCUT2D eigenvalue weighted by Crippen LogP contribution is 2.09. The number of hydrogen-bond acceptors (Lipinski definition) is 4. The van der Waals surface area contributed by atoms with Crippen molar-refractivity contribution in [3.05, 3.63) is 29.8 Å². The van der Waals surface area contributed by atoms with E-state index in [1.54, 1.807) is 0 Å². The molecule has 0 amide bonds. The molecule has 1 rings (SSSR count). The number of rotatable bonds is 5. The Balaban J connectivity index is 2.36. The standard InChI is InChI=1S/C10H16N2O2S/c1-15(13,14)7-6-12-8-9-4-2-3-5-10(9)11/h2-5,12H,6-8,11H2,1H3. The van der Waals surface area contributed by atoms with Crippen molar-refractivity contribution in [1.29, 1.82) is 0 Å². The number of nitrogen functional groups attached to an aromatic ring is 1. The molecule has 0 aliphatic rings. The van der Waals surface area contributed by atoms with Crippen LogP contribution in [0.2, 0.25) is 0 Å². The van der Waals surface area contributed by atoms with Gasteiger partial charge < -0.3 is 11.1 Å². The van der Waals surface area contributed by atoms with E-state index in [9.17, 15) is 8.42 Å². The van der Waals surface area contributed by atoms with Gasteiger partial charge in [0, 0.05) is 25.0 Å². The maximum Gasteiger partial charge on any atom is 0.148 e. The van der Waals surface area contributed by atoms with Gasteiger partial charge in [-0.05, 0) is 11.6 Å². The molecular formula is C10H16N2O2S. The van der Waals surface area contributed by atoms with Gasteiger partial charge in [-0.3, -0.25) is 0 Å². The van der Waals surface area contributed by atoms with Gasteiger partial charge in [0.1, 0.15) is 9.84 Å². The van der Waals surface area contributed by atoms with Crippen LogP contribution < -0.4 is 11.1 Å². The second-order valence-corrected chi connectivity index (χ2v) is 5.77. The summed E-state index contributed by atoms with van der Waals surface area (Å²) in [5.41, 5.74) is 7.45. The molecule has 0 bridgehead atoms. The molecule has 0 aromatic heterocycles. The summed E-state index contributed by atoms with van der Waals surface area (Å²) >= 11 is 0. The van der Waals surface area contributed by atoms with E-state index in [1.807, 2.05) is 24.3 Å². The normalized spacial score (nSPS) is 11.5. The summed E-state index contributed by atoms with van der Waals surface area (Å²) < 4.78 is 21.7. The highest BCUT2D eigenvalue weighted by Gasteiger charge is 2.01. The molecule has 0 unspecified atom stereocenters. The lowest BCUT2D eigenvalue weighted by Gasteiger charge is -2.06. The topological polar surface area (TPSA) is 72.2 Å². The SMILES string of the molecule is CS(=O)(=O)CCNCc1ccccc1N. The van der Waals surface area contributed by atoms with Gasteiger partial charge in [-0.15, -0.1) is 0 Å². The minimum absolute atomic E-state index is 0.153. The third kappa shape index (κ3) is 4.80. The van der Waals surface area contributed by atoms with Gasteiger partial charge >= 0.3 is 0 Å². The predicted molar refractivity (Wildman–Crippen MR) is 62.3 cm³/mol. The molecule has 0 aliphatic carbocycles. The molecule has 15 heavy (non-hydrogen) atoms. The molecule has 0 spiro atoms. The van der Waals surface area contributed by atoms with E-state index in [-0.39, 0.29) is 5.75 Å². The molecule has 0 atom stereocenters. The lowest BCUT2D eigenvalue weighted by Crippen LogP contribution is -2.22. The van der Waals surface area contributed by atoms with Crippen molar-refractivity contribution in [3.8, 4) is 0 Å². The molecule has 1 aromatic rings. The lowest BCUT2D eigenvalue weighted by atomic mass is 10.2. The summed E-state index contributed by atoms with van der Waals surface area (Å²) in [6.07, 6.45) is 1.23. The molecule has 3 N–H and O–H groups in total. The van der Waals surface area contributed by atoms with E-state index in [2.05, 4.69) is 5.32 Å². The monoisotopic (exact) mass is 228 g/mol. The Morgan fingerprint density at radius 1 is 1.33 bits per heavy atom. The van der Waals surface area contributed by atoms with Crippen molar-refractivity contribution < 1.29 is 8.42 Å². The van der Waals surface area contributed by atoms with E-state index < -0.39 is 9.84 Å². The summed E-state index contributed by atoms with van der Waals surface area (Å²) in [6.45, 7) is 1.05. The first-order valence-electron chi connectivity index (χ1n) is 4.71. The minimum atomic E-state index is -2.88. The number of nitrogens with one attached hydrogen (secondary N) is 1. The summed E-state index contributed by atoms with van der Waals surface area (Å²) in [6, 6.07) is 7.52. The summed E-state index contributed by atoms with van der Waals surface area (Å²) in [5.74, 6) is 0.153. The molecular weight excluding hydrogens is 212 g/mol. The van der Waals surface area contributed by atoms with Gasteiger partial charge in [-0.25, -0.2) is 8.42 Å². The van der Waals surface area contributed by atoms with Crippen LogP contribution in [0.1, 0.15) is 5.56 Å². The van der Waals surface area contributed by atoms with Gasteiger partial charge in [0.25, 0.3) is 0 Å². The van der Waals surface area contributed by atoms with Gasteiger partial charge in [-0.1, -0.05) is 18.2 Å². The van der Waals surface area contributed by atoms with Gasteiger partial charge in [0.15, 0.2) is 0 Å². The molecule has 0 heterocycles. The Kier molecular flexibility index (Phi) is 4.11. The highest BCUT2D eigenvalue weighted by molar-refractivity contribution is 7.90. The van der Waals surface area contributed by atoms with E-state index in [0.29, 0.717) is 13.1 Å². The van der Waals surface area contributed by atoms with Crippen molar-refractivity contribution in [1.82, 2.24) is 5.32 Å². The molecule has 0 radical (unpaired) electrons. The molecule has 4 nitrogen and oxygen atoms in total. The fraction of sp³-hybridized carbons (Fsp3) is 0.400. The Labute approximate surface area is 90.4 Å². The van der Waals surface area contributed by atoms with Gasteiger partial charge in [0.2, 0.25) is 0 Å². The largest absolute Gasteiger partial charge is 0.398 e. The van der Waals surface area contributed by atoms with Crippen molar-refractivity contribution in [2.24, 2.45) is 0 Å². The van der Waals surface area contributed by atoms with E-state index >= 15 is 0 Å². The van der Waals surface area contributed by atoms with E-state index in [1.165, 1.54) is 6.26 Å². The fourth-order valence-electron chi connectivity index (χ4n) is 1.18. The van der Waals surface area contributed by atoms with Crippen LogP contribution in [0.3, 0.4) is 0 Å². The second kappa shape index (κ2) is 5.14. The Morgan fingerprint density at radius 2 is 2.00 bits per heavy atom. The maximum absolute atomic E-state index is 10.8. The fourth-order valence-corrected chi connectivity index (χ4v) is 1.69. The van der Waals surface area contributed by atoms with Crippen LogP contribution in [0, 0.1) is 0 Å².